The molecule has 0 N–H and O–H groups in total. The van der Waals surface area contributed by atoms with Crippen LogP contribution in [-0.4, -0.2) is 0 Å². The number of hydrogen-bond acceptors (Lipinski definition) is 5. The van der Waals surface area contributed by atoms with Gasteiger partial charge in [0.15, 0.2) is 0 Å². The van der Waals surface area contributed by atoms with Gasteiger partial charge in [-0.2, -0.15) is 11.8 Å². The van der Waals surface area contributed by atoms with Crippen molar-refractivity contribution in [1.29, 1.82) is 0 Å². The van der Waals surface area contributed by atoms with Crippen LogP contribution in [0.4, 0.5) is 0 Å². The summed E-state index contributed by atoms with van der Waals surface area (Å²) in [6, 6.07) is 0. The Balaban J connectivity index is 0. The van der Waals surface area contributed by atoms with E-state index in [1.165, 1.54) is 0 Å². The van der Waals surface area contributed by atoms with Gasteiger partial charge >= 0.3 is 57.0 Å². The molecule has 79 valence electrons. The fraction of sp³-hybridized carbons (Fsp3) is 1.00. The first-order valence-electron chi connectivity index (χ1n) is 3.89. The van der Waals surface area contributed by atoms with Crippen LogP contribution in [0.2, 0.25) is 9.62 Å². The molecule has 0 aliphatic carbocycles. The molecule has 0 radical (unpaired) electrons. The molecule has 0 aliphatic heterocycles. The molecule has 0 spiro atoms. The molecule has 0 rings (SSSR count). The third kappa shape index (κ3) is 31.8. The first-order chi connectivity index (χ1) is 5.81. The van der Waals surface area contributed by atoms with E-state index >= 15 is 0 Å². The van der Waals surface area contributed by atoms with Gasteiger partial charge in [-0.25, -0.2) is 0 Å². The molecule has 0 saturated heterocycles. The van der Waals surface area contributed by atoms with Crippen LogP contribution in [0.1, 0.15) is 26.7 Å². The summed E-state index contributed by atoms with van der Waals surface area (Å²) >= 11 is 5.57. The van der Waals surface area contributed by atoms with Gasteiger partial charge in [-0.15, -0.1) is 0 Å². The summed E-state index contributed by atoms with van der Waals surface area (Å²) in [5.74, 6) is 0. The summed E-state index contributed by atoms with van der Waals surface area (Å²) in [5.41, 5.74) is -3.72. The molecule has 0 heterocycles. The standard InChI is InChI=1S/2C3H7.Mo.H3O2PS2.O/c2*1-3-2;;1-3(2,4)5;/h2*1,3H2,2H3;;(H3,1,2,4,5);/q;;+3;;/p-3. The molecule has 0 amide bonds. The van der Waals surface area contributed by atoms with Crippen molar-refractivity contribution in [2.45, 2.75) is 36.3 Å². The molecular formula is C6H14MoO3PS2. The fourth-order valence-corrected chi connectivity index (χ4v) is 3.30. The summed E-state index contributed by atoms with van der Waals surface area (Å²) in [6.07, 6.45) is 2.22. The van der Waals surface area contributed by atoms with Gasteiger partial charge in [-0.1, -0.05) is 0 Å². The summed E-state index contributed by atoms with van der Waals surface area (Å²) in [4.78, 5) is 20.6. The smallest absolute Gasteiger partial charge is 0.160 e. The van der Waals surface area contributed by atoms with Crippen molar-refractivity contribution in [3.8, 4) is 0 Å². The summed E-state index contributed by atoms with van der Waals surface area (Å²) in [6.45, 7) is 4.20. The number of hydrogen-bond donors (Lipinski definition) is 0. The molecule has 0 aromatic rings. The Hall–Kier alpha value is 1.41. The van der Waals surface area contributed by atoms with Crippen LogP contribution in [-0.2, 0) is 44.7 Å². The molecule has 0 atom stereocenters. The van der Waals surface area contributed by atoms with Gasteiger partial charge in [0.2, 0.25) is 0 Å². The Bertz CT molecular complexity index is 166. The largest absolute Gasteiger partial charge is 0.850 e. The average Bonchev–Trinajstić information content (AvgIpc) is 1.84. The van der Waals surface area contributed by atoms with Crippen LogP contribution in [0, 0.1) is 0 Å². The van der Waals surface area contributed by atoms with Crippen LogP contribution in [0.3, 0.4) is 0 Å². The van der Waals surface area contributed by atoms with Gasteiger partial charge in [0.05, 0.1) is 0 Å². The Labute approximate surface area is 96.1 Å². The van der Waals surface area contributed by atoms with E-state index in [2.05, 4.69) is 37.9 Å². The van der Waals surface area contributed by atoms with Gasteiger partial charge in [0.25, 0.3) is 0 Å². The van der Waals surface area contributed by atoms with E-state index in [-0.39, 0.29) is 0 Å². The molecule has 0 fully saturated rings. The van der Waals surface area contributed by atoms with Crippen molar-refractivity contribution in [1.82, 2.24) is 0 Å². The summed E-state index contributed by atoms with van der Waals surface area (Å²) < 4.78 is 10.9. The molecule has 0 aromatic carbocycles. The Kier molecular flexibility index (Phi) is 12.9. The third-order valence-electron chi connectivity index (χ3n) is 0.864. The molecular weight excluding hydrogens is 311 g/mol. The van der Waals surface area contributed by atoms with Crippen molar-refractivity contribution in [3.63, 3.8) is 0 Å². The van der Waals surface area contributed by atoms with Crippen molar-refractivity contribution in [2.24, 2.45) is 0 Å². The van der Waals surface area contributed by atoms with E-state index in [1.54, 1.807) is 0 Å². The first-order valence-corrected chi connectivity index (χ1v) is 11.2. The zero-order valence-electron chi connectivity index (χ0n) is 7.73. The van der Waals surface area contributed by atoms with Gasteiger partial charge in [-0.3, -0.25) is 0 Å². The Morgan fingerprint density at radius 1 is 1.31 bits per heavy atom. The van der Waals surface area contributed by atoms with Crippen LogP contribution >= 0.6 is 5.69 Å². The second kappa shape index (κ2) is 9.94. The maximum Gasteiger partial charge on any atom is -0.160 e. The quantitative estimate of drug-likeness (QED) is 0.440. The third-order valence-corrected chi connectivity index (χ3v) is 5.11. The zero-order valence-corrected chi connectivity index (χ0v) is 12.3. The van der Waals surface area contributed by atoms with Gasteiger partial charge in [-0.05, 0) is 0 Å². The normalized spacial score (nSPS) is 10.2. The Morgan fingerprint density at radius 3 is 1.69 bits per heavy atom. The van der Waals surface area contributed by atoms with E-state index in [9.17, 15) is 13.2 Å². The SMILES string of the molecule is CC[CH2][Mo+3](=[O])[CH2]CC.[O-]P([O-])(=S)[S-]. The van der Waals surface area contributed by atoms with Crippen LogP contribution < -0.4 is 9.79 Å². The van der Waals surface area contributed by atoms with E-state index < -0.39 is 23.0 Å². The molecule has 3 nitrogen and oxygen atoms in total. The van der Waals surface area contributed by atoms with Gasteiger partial charge in [0.1, 0.15) is 0 Å². The molecule has 0 aliphatic rings. The number of rotatable bonds is 4. The van der Waals surface area contributed by atoms with E-state index in [1.807, 2.05) is 0 Å². The monoisotopic (exact) mass is 327 g/mol. The first kappa shape index (κ1) is 16.8. The molecule has 13 heavy (non-hydrogen) atoms. The maximum absolute atomic E-state index is 10.9. The molecule has 0 saturated carbocycles. The van der Waals surface area contributed by atoms with E-state index in [4.69, 9.17) is 0 Å². The summed E-state index contributed by atoms with van der Waals surface area (Å²) in [7, 11) is 0. The van der Waals surface area contributed by atoms with Crippen LogP contribution in [0.5, 0.6) is 0 Å². The maximum atomic E-state index is 10.9. The summed E-state index contributed by atoms with van der Waals surface area (Å²) in [5, 5.41) is 0. The van der Waals surface area contributed by atoms with Gasteiger partial charge in [0, 0.05) is 0 Å². The van der Waals surface area contributed by atoms with Crippen molar-refractivity contribution < 1.29 is 30.5 Å². The van der Waals surface area contributed by atoms with E-state index in [0.29, 0.717) is 0 Å². The minimum Gasteiger partial charge on any atom is -0.850 e. The van der Waals surface area contributed by atoms with Crippen molar-refractivity contribution >= 4 is 29.7 Å². The molecule has 0 bridgehead atoms. The Morgan fingerprint density at radius 2 is 1.54 bits per heavy atom. The van der Waals surface area contributed by atoms with Crippen molar-refractivity contribution in [2.75, 3.05) is 0 Å². The molecule has 0 aromatic heterocycles. The molecule has 7 heteroatoms. The predicted octanol–water partition coefficient (Wildman–Crippen LogP) is 1.09. The fourth-order valence-electron chi connectivity index (χ4n) is 0.557. The second-order valence-electron chi connectivity index (χ2n) is 2.30. The molecule has 0 unspecified atom stereocenters. The van der Waals surface area contributed by atoms with Crippen molar-refractivity contribution in [3.05, 3.63) is 0 Å². The topological polar surface area (TPSA) is 63.2 Å². The average molecular weight is 325 g/mol. The minimum absolute atomic E-state index is 1.02. The minimum atomic E-state index is -3.72. The van der Waals surface area contributed by atoms with Crippen LogP contribution in [0.15, 0.2) is 0 Å². The zero-order chi connectivity index (χ0) is 10.9. The van der Waals surface area contributed by atoms with Gasteiger partial charge < -0.3 is 27.7 Å². The second-order valence-corrected chi connectivity index (χ2v) is 10.9. The van der Waals surface area contributed by atoms with E-state index in [0.717, 1.165) is 22.5 Å². The predicted molar refractivity (Wildman–Crippen MR) is 52.5 cm³/mol. The van der Waals surface area contributed by atoms with Crippen LogP contribution in [0.25, 0.3) is 0 Å².